The minimum Gasteiger partial charge on any atom is -0.358 e. The van der Waals surface area contributed by atoms with Gasteiger partial charge in [0.05, 0.1) is 6.04 Å². The number of likely N-dealkylation sites (N-methyl/N-ethyl adjacent to an activating group) is 1. The van der Waals surface area contributed by atoms with Gasteiger partial charge in [-0.25, -0.2) is 0 Å². The van der Waals surface area contributed by atoms with Crippen molar-refractivity contribution in [1.82, 2.24) is 5.32 Å². The Morgan fingerprint density at radius 3 is 2.57 bits per heavy atom. The number of nitrogens with one attached hydrogen (secondary N) is 1. The highest BCUT2D eigenvalue weighted by molar-refractivity contribution is 6.30. The number of rotatable bonds is 3. The second-order valence-electron chi connectivity index (χ2n) is 3.05. The van der Waals surface area contributed by atoms with Crippen LogP contribution >= 0.6 is 11.6 Å². The van der Waals surface area contributed by atoms with Crippen LogP contribution in [-0.2, 0) is 11.2 Å². The molecule has 1 aromatic carbocycles. The van der Waals surface area contributed by atoms with Crippen molar-refractivity contribution in [3.05, 3.63) is 34.9 Å². The van der Waals surface area contributed by atoms with Gasteiger partial charge in [0, 0.05) is 12.1 Å². The lowest BCUT2D eigenvalue weighted by Gasteiger charge is -2.09. The molecule has 0 aromatic heterocycles. The Hall–Kier alpha value is -1.06. The average Bonchev–Trinajstić information content (AvgIpc) is 2.20. The lowest BCUT2D eigenvalue weighted by atomic mass is 10.1. The molecule has 0 bridgehead atoms. The van der Waals surface area contributed by atoms with E-state index in [9.17, 15) is 4.79 Å². The minimum atomic E-state index is -0.499. The molecular formula is C10H13ClN2O. The maximum atomic E-state index is 11.1. The highest BCUT2D eigenvalue weighted by Gasteiger charge is 2.11. The number of benzene rings is 1. The van der Waals surface area contributed by atoms with Crippen LogP contribution in [0.3, 0.4) is 0 Å². The van der Waals surface area contributed by atoms with Crippen molar-refractivity contribution in [2.75, 3.05) is 7.05 Å². The summed E-state index contributed by atoms with van der Waals surface area (Å²) in [7, 11) is 1.57. The molecular weight excluding hydrogens is 200 g/mol. The normalized spacial score (nSPS) is 12.2. The van der Waals surface area contributed by atoms with Crippen molar-refractivity contribution in [3.8, 4) is 0 Å². The van der Waals surface area contributed by atoms with E-state index in [1.807, 2.05) is 12.1 Å². The Bertz CT molecular complexity index is 310. The van der Waals surface area contributed by atoms with Crippen LogP contribution in [0, 0.1) is 0 Å². The molecule has 0 aliphatic heterocycles. The van der Waals surface area contributed by atoms with E-state index in [1.54, 1.807) is 19.2 Å². The van der Waals surface area contributed by atoms with Crippen molar-refractivity contribution in [3.63, 3.8) is 0 Å². The van der Waals surface area contributed by atoms with E-state index in [0.717, 1.165) is 5.56 Å². The monoisotopic (exact) mass is 212 g/mol. The Kier molecular flexibility index (Phi) is 3.92. The third-order valence-corrected chi connectivity index (χ3v) is 2.20. The second-order valence-corrected chi connectivity index (χ2v) is 3.49. The van der Waals surface area contributed by atoms with Crippen LogP contribution in [-0.4, -0.2) is 19.0 Å². The summed E-state index contributed by atoms with van der Waals surface area (Å²) in [5, 5.41) is 3.19. The zero-order valence-corrected chi connectivity index (χ0v) is 8.71. The van der Waals surface area contributed by atoms with Crippen LogP contribution < -0.4 is 11.1 Å². The van der Waals surface area contributed by atoms with Gasteiger partial charge >= 0.3 is 0 Å². The van der Waals surface area contributed by atoms with Gasteiger partial charge in [0.15, 0.2) is 0 Å². The first-order valence-electron chi connectivity index (χ1n) is 4.35. The van der Waals surface area contributed by atoms with E-state index in [0.29, 0.717) is 11.4 Å². The standard InChI is InChI=1S/C10H13ClN2O/c1-13-10(14)9(12)6-7-2-4-8(11)5-3-7/h2-5,9H,6,12H2,1H3,(H,13,14)/t9-/m1/s1. The van der Waals surface area contributed by atoms with E-state index in [4.69, 9.17) is 17.3 Å². The first-order chi connectivity index (χ1) is 6.63. The predicted octanol–water partition coefficient (Wildman–Crippen LogP) is 0.956. The molecule has 0 spiro atoms. The van der Waals surface area contributed by atoms with Gasteiger partial charge in [0.2, 0.25) is 5.91 Å². The summed E-state index contributed by atoms with van der Waals surface area (Å²) in [6, 6.07) is 6.80. The smallest absolute Gasteiger partial charge is 0.237 e. The quantitative estimate of drug-likeness (QED) is 0.784. The summed E-state index contributed by atoms with van der Waals surface area (Å²) in [4.78, 5) is 11.1. The van der Waals surface area contributed by atoms with Gasteiger partial charge in [-0.1, -0.05) is 23.7 Å². The third kappa shape index (κ3) is 3.01. The zero-order chi connectivity index (χ0) is 10.6. The SMILES string of the molecule is CNC(=O)[C@H](N)Cc1ccc(Cl)cc1. The fourth-order valence-electron chi connectivity index (χ4n) is 1.15. The maximum Gasteiger partial charge on any atom is 0.237 e. The van der Waals surface area contributed by atoms with E-state index in [1.165, 1.54) is 0 Å². The van der Waals surface area contributed by atoms with Crippen LogP contribution in [0.15, 0.2) is 24.3 Å². The molecule has 0 aliphatic carbocycles. The predicted molar refractivity (Wildman–Crippen MR) is 57.2 cm³/mol. The number of amides is 1. The van der Waals surface area contributed by atoms with Crippen molar-refractivity contribution in [1.29, 1.82) is 0 Å². The number of hydrogen-bond donors (Lipinski definition) is 2. The van der Waals surface area contributed by atoms with Crippen molar-refractivity contribution in [2.45, 2.75) is 12.5 Å². The topological polar surface area (TPSA) is 55.1 Å². The van der Waals surface area contributed by atoms with Gasteiger partial charge in [0.1, 0.15) is 0 Å². The summed E-state index contributed by atoms with van der Waals surface area (Å²) >= 11 is 5.73. The second kappa shape index (κ2) is 4.98. The molecule has 0 aliphatic rings. The summed E-state index contributed by atoms with van der Waals surface area (Å²) in [6.45, 7) is 0. The number of hydrogen-bond acceptors (Lipinski definition) is 2. The molecule has 0 fully saturated rings. The molecule has 14 heavy (non-hydrogen) atoms. The van der Waals surface area contributed by atoms with Crippen LogP contribution in [0.4, 0.5) is 0 Å². The Balaban J connectivity index is 2.60. The van der Waals surface area contributed by atoms with Crippen LogP contribution in [0.5, 0.6) is 0 Å². The molecule has 1 rings (SSSR count). The molecule has 3 N–H and O–H groups in total. The van der Waals surface area contributed by atoms with Gasteiger partial charge in [-0.3, -0.25) is 4.79 Å². The summed E-state index contributed by atoms with van der Waals surface area (Å²) in [5.41, 5.74) is 6.66. The Morgan fingerprint density at radius 2 is 2.07 bits per heavy atom. The molecule has 4 heteroatoms. The molecule has 0 radical (unpaired) electrons. The van der Waals surface area contributed by atoms with E-state index < -0.39 is 6.04 Å². The first-order valence-corrected chi connectivity index (χ1v) is 4.73. The molecule has 0 saturated carbocycles. The van der Waals surface area contributed by atoms with Crippen LogP contribution in [0.1, 0.15) is 5.56 Å². The highest BCUT2D eigenvalue weighted by atomic mass is 35.5. The highest BCUT2D eigenvalue weighted by Crippen LogP contribution is 2.10. The molecule has 1 atom stereocenters. The fourth-order valence-corrected chi connectivity index (χ4v) is 1.28. The Morgan fingerprint density at radius 1 is 1.50 bits per heavy atom. The van der Waals surface area contributed by atoms with Gasteiger partial charge < -0.3 is 11.1 Å². The first kappa shape index (κ1) is 11.0. The van der Waals surface area contributed by atoms with E-state index in [-0.39, 0.29) is 5.91 Å². The number of carbonyl (C=O) groups is 1. The van der Waals surface area contributed by atoms with Crippen molar-refractivity contribution in [2.24, 2.45) is 5.73 Å². The molecule has 3 nitrogen and oxygen atoms in total. The largest absolute Gasteiger partial charge is 0.358 e. The molecule has 0 heterocycles. The molecule has 76 valence electrons. The molecule has 1 aromatic rings. The average molecular weight is 213 g/mol. The zero-order valence-electron chi connectivity index (χ0n) is 7.96. The van der Waals surface area contributed by atoms with Crippen molar-refractivity contribution < 1.29 is 4.79 Å². The lowest BCUT2D eigenvalue weighted by Crippen LogP contribution is -2.40. The van der Waals surface area contributed by atoms with E-state index in [2.05, 4.69) is 5.32 Å². The fraction of sp³-hybridized carbons (Fsp3) is 0.300. The lowest BCUT2D eigenvalue weighted by molar-refractivity contribution is -0.121. The molecule has 0 unspecified atom stereocenters. The van der Waals surface area contributed by atoms with E-state index >= 15 is 0 Å². The molecule has 0 saturated heterocycles. The summed E-state index contributed by atoms with van der Waals surface area (Å²) < 4.78 is 0. The van der Waals surface area contributed by atoms with Gasteiger partial charge in [-0.2, -0.15) is 0 Å². The van der Waals surface area contributed by atoms with Gasteiger partial charge in [-0.15, -0.1) is 0 Å². The third-order valence-electron chi connectivity index (χ3n) is 1.95. The van der Waals surface area contributed by atoms with Gasteiger partial charge in [-0.05, 0) is 24.1 Å². The number of halogens is 1. The maximum absolute atomic E-state index is 11.1. The molecule has 1 amide bonds. The number of carbonyl (C=O) groups excluding carboxylic acids is 1. The summed E-state index contributed by atoms with van der Waals surface area (Å²) in [5.74, 6) is -0.153. The number of nitrogens with two attached hydrogens (primary N) is 1. The van der Waals surface area contributed by atoms with Crippen LogP contribution in [0.25, 0.3) is 0 Å². The van der Waals surface area contributed by atoms with Gasteiger partial charge in [0.25, 0.3) is 0 Å². The minimum absolute atomic E-state index is 0.153. The van der Waals surface area contributed by atoms with Crippen molar-refractivity contribution >= 4 is 17.5 Å². The Labute approximate surface area is 88.2 Å². The summed E-state index contributed by atoms with van der Waals surface area (Å²) in [6.07, 6.45) is 0.525. The van der Waals surface area contributed by atoms with Crippen LogP contribution in [0.2, 0.25) is 5.02 Å².